The Hall–Kier alpha value is -6.87. The normalized spacial score (nSPS) is 17.6. The smallest absolute Gasteiger partial charge is 0.416 e. The maximum Gasteiger partial charge on any atom is 0.416 e. The van der Waals surface area contributed by atoms with Crippen LogP contribution in [-0.2, 0) is 60.1 Å². The molecule has 3 aliphatic heterocycles. The number of alkyl halides is 6. The Morgan fingerprint density at radius 1 is 0.670 bits per heavy atom. The molecule has 5 amide bonds. The number of rotatable bonds is 29. The highest BCUT2D eigenvalue weighted by Crippen LogP contribution is 2.49. The monoisotopic (exact) mass is 1520 g/mol. The van der Waals surface area contributed by atoms with Gasteiger partial charge in [0.1, 0.15) is 30.9 Å². The first-order valence-electron chi connectivity index (χ1n) is 34.7. The van der Waals surface area contributed by atoms with Crippen LogP contribution in [-0.4, -0.2) is 189 Å². The maximum absolute atomic E-state index is 14.3. The van der Waals surface area contributed by atoms with E-state index in [-0.39, 0.29) is 92.8 Å². The summed E-state index contributed by atoms with van der Waals surface area (Å²) >= 11 is 1.50. The molecule has 2 atom stereocenters. The van der Waals surface area contributed by atoms with Gasteiger partial charge in [0.25, 0.3) is 11.8 Å². The molecule has 0 radical (unpaired) electrons. The van der Waals surface area contributed by atoms with Gasteiger partial charge in [-0.25, -0.2) is 9.18 Å². The van der Waals surface area contributed by atoms with Gasteiger partial charge in [-0.2, -0.15) is 26.3 Å². The SMILES string of the molecule is CCCN(CCCCCC(=O)N(C)CCN1CCC(OC(=O)Nc2ccccc2-c2ccccc2)CC1)Cc1ccc(C(=O)N(C)CCCN(C)C(=O)CO[C@H]2Cc3ccccc3C23CCN(CC[C@@]2(c4ccc(F)cc4)CN(C(=O)c4cc(C(F)(F)F)cc(C(F)(F)F)c4)CO2)CC3)s1.Cl.Cl.Cl. The third-order valence-electron chi connectivity index (χ3n) is 20.1. The van der Waals surface area contributed by atoms with Gasteiger partial charge in [-0.3, -0.25) is 29.4 Å². The van der Waals surface area contributed by atoms with Gasteiger partial charge in [-0.05, 0) is 161 Å². The zero-order chi connectivity index (χ0) is 71.2. The Kier molecular flexibility index (Phi) is 30.7. The van der Waals surface area contributed by atoms with Crippen LogP contribution in [0.1, 0.15) is 130 Å². The number of hydrogen-bond acceptors (Lipinski definition) is 12. The summed E-state index contributed by atoms with van der Waals surface area (Å²) in [6.07, 6.45) is -2.81. The molecule has 5 aromatic carbocycles. The van der Waals surface area contributed by atoms with Crippen LogP contribution >= 0.6 is 48.6 Å². The van der Waals surface area contributed by atoms with Crippen LogP contribution < -0.4 is 5.32 Å². The average Bonchev–Trinajstić information content (AvgIpc) is 1.62. The van der Waals surface area contributed by atoms with Gasteiger partial charge < -0.3 is 43.6 Å². The van der Waals surface area contributed by atoms with E-state index in [9.17, 15) is 54.7 Å². The van der Waals surface area contributed by atoms with Crippen LogP contribution in [0.3, 0.4) is 0 Å². The number of carbonyl (C=O) groups excluding carboxylic acids is 5. The number of piperidine rings is 2. The predicted octanol–water partition coefficient (Wildman–Crippen LogP) is 15.1. The lowest BCUT2D eigenvalue weighted by Crippen LogP contribution is -2.50. The molecular weight excluding hydrogens is 1420 g/mol. The van der Waals surface area contributed by atoms with Crippen molar-refractivity contribution >= 4 is 84.0 Å². The maximum atomic E-state index is 14.3. The van der Waals surface area contributed by atoms with E-state index in [0.717, 1.165) is 104 Å². The number of thiophene rings is 1. The second kappa shape index (κ2) is 37.9. The molecule has 3 fully saturated rings. The number of carbonyl (C=O) groups is 5. The van der Waals surface area contributed by atoms with Gasteiger partial charge >= 0.3 is 18.4 Å². The topological polar surface area (TPSA) is 148 Å². The van der Waals surface area contributed by atoms with Crippen molar-refractivity contribution < 1.29 is 68.9 Å². The Bertz CT molecular complexity index is 3720. The molecule has 1 spiro atoms. The Morgan fingerprint density at radius 2 is 1.31 bits per heavy atom. The van der Waals surface area contributed by atoms with Crippen LogP contribution in [0.5, 0.6) is 0 Å². The quantitative estimate of drug-likeness (QED) is 0.0353. The summed E-state index contributed by atoms with van der Waals surface area (Å²) in [5.74, 6) is -1.73. The van der Waals surface area contributed by atoms with Crippen molar-refractivity contribution in [3.8, 4) is 11.1 Å². The number of benzene rings is 5. The molecule has 1 aromatic heterocycles. The van der Waals surface area contributed by atoms with Crippen molar-refractivity contribution in [1.82, 2.24) is 34.3 Å². The summed E-state index contributed by atoms with van der Waals surface area (Å²) in [6, 6.07) is 35.9. The van der Waals surface area contributed by atoms with E-state index in [1.54, 1.807) is 23.9 Å². The number of nitrogens with one attached hydrogen (secondary N) is 1. The van der Waals surface area contributed by atoms with Crippen LogP contribution in [0.4, 0.5) is 41.2 Å². The third-order valence-corrected chi connectivity index (χ3v) is 21.2. The van der Waals surface area contributed by atoms with Crippen molar-refractivity contribution in [2.24, 2.45) is 0 Å². The number of fused-ring (bicyclic) bond motifs is 2. The lowest BCUT2D eigenvalue weighted by molar-refractivity contribution is -0.143. The van der Waals surface area contributed by atoms with E-state index in [1.165, 1.54) is 41.2 Å². The first-order valence-corrected chi connectivity index (χ1v) is 35.5. The molecule has 27 heteroatoms. The van der Waals surface area contributed by atoms with Gasteiger partial charge in [0.05, 0.1) is 34.3 Å². The second-order valence-corrected chi connectivity index (χ2v) is 28.2. The fourth-order valence-corrected chi connectivity index (χ4v) is 15.4. The highest BCUT2D eigenvalue weighted by molar-refractivity contribution is 7.14. The van der Waals surface area contributed by atoms with Gasteiger partial charge in [0, 0.05) is 101 Å². The molecule has 4 aliphatic rings. The molecule has 10 rings (SSSR count). The van der Waals surface area contributed by atoms with Crippen molar-refractivity contribution in [2.45, 2.75) is 126 Å². The lowest BCUT2D eigenvalue weighted by atomic mass is 9.72. The number of amides is 5. The molecule has 0 saturated carbocycles. The van der Waals surface area contributed by atoms with Crippen LogP contribution in [0.25, 0.3) is 11.1 Å². The largest absolute Gasteiger partial charge is 0.446 e. The minimum absolute atomic E-state index is 0. The van der Waals surface area contributed by atoms with Crippen LogP contribution in [0.15, 0.2) is 133 Å². The zero-order valence-corrected chi connectivity index (χ0v) is 61.9. The lowest BCUT2D eigenvalue weighted by Gasteiger charge is -2.44. The van der Waals surface area contributed by atoms with E-state index in [1.807, 2.05) is 90.8 Å². The highest BCUT2D eigenvalue weighted by Gasteiger charge is 2.50. The van der Waals surface area contributed by atoms with Crippen molar-refractivity contribution in [2.75, 3.05) is 118 Å². The number of anilines is 1. The van der Waals surface area contributed by atoms with E-state index in [2.05, 4.69) is 39.1 Å². The molecular formula is C76H94Cl3F7N8O8S. The van der Waals surface area contributed by atoms with Gasteiger partial charge in [0.15, 0.2) is 0 Å². The molecule has 0 unspecified atom stereocenters. The van der Waals surface area contributed by atoms with Crippen LogP contribution in [0, 0.1) is 5.82 Å². The fourth-order valence-electron chi connectivity index (χ4n) is 14.3. The molecule has 16 nitrogen and oxygen atoms in total. The van der Waals surface area contributed by atoms with E-state index < -0.39 is 64.6 Å². The zero-order valence-electron chi connectivity index (χ0n) is 58.6. The fraction of sp³-hybridized carbons (Fsp3) is 0.487. The molecule has 103 heavy (non-hydrogen) atoms. The number of likely N-dealkylation sites (tertiary alicyclic amines) is 2. The van der Waals surface area contributed by atoms with E-state index in [0.29, 0.717) is 99.6 Å². The Morgan fingerprint density at radius 3 is 2.00 bits per heavy atom. The molecule has 4 heterocycles. The highest BCUT2D eigenvalue weighted by atomic mass is 35.5. The average molecular weight is 1520 g/mol. The van der Waals surface area contributed by atoms with Gasteiger partial charge in [0.2, 0.25) is 11.8 Å². The first kappa shape index (κ1) is 83.4. The van der Waals surface area contributed by atoms with Crippen LogP contribution in [0.2, 0.25) is 0 Å². The van der Waals surface area contributed by atoms with E-state index in [4.69, 9.17) is 14.2 Å². The van der Waals surface area contributed by atoms with Crippen molar-refractivity contribution in [1.29, 1.82) is 0 Å². The second-order valence-electron chi connectivity index (χ2n) is 27.0. The summed E-state index contributed by atoms with van der Waals surface area (Å²) in [7, 11) is 5.38. The minimum atomic E-state index is -5.15. The summed E-state index contributed by atoms with van der Waals surface area (Å²) < 4.78 is 116. The van der Waals surface area contributed by atoms with Crippen molar-refractivity contribution in [3.63, 3.8) is 0 Å². The third kappa shape index (κ3) is 21.9. The summed E-state index contributed by atoms with van der Waals surface area (Å²) in [6.45, 7) is 9.37. The van der Waals surface area contributed by atoms with Gasteiger partial charge in [-0.15, -0.1) is 48.6 Å². The number of ether oxygens (including phenoxy) is 3. The number of likely N-dealkylation sites (N-methyl/N-ethyl adjacent to an activating group) is 2. The summed E-state index contributed by atoms with van der Waals surface area (Å²) in [4.78, 5) is 82.2. The first-order chi connectivity index (χ1) is 47.9. The summed E-state index contributed by atoms with van der Waals surface area (Å²) in [5, 5.41) is 2.94. The molecule has 6 aromatic rings. The molecule has 562 valence electrons. The Labute approximate surface area is 621 Å². The van der Waals surface area contributed by atoms with Crippen molar-refractivity contribution in [3.05, 3.63) is 182 Å². The summed E-state index contributed by atoms with van der Waals surface area (Å²) in [5.41, 5.74) is -0.214. The number of para-hydroxylation sites is 1. The van der Waals surface area contributed by atoms with Gasteiger partial charge in [-0.1, -0.05) is 98.3 Å². The number of nitrogens with zero attached hydrogens (tertiary/aromatic N) is 7. The minimum Gasteiger partial charge on any atom is -0.446 e. The number of unbranched alkanes of at least 4 members (excludes halogenated alkanes) is 2. The number of hydrogen-bond donors (Lipinski definition) is 1. The standard InChI is InChI=1S/C76H91F7N8O8S.3ClH/c1-5-35-90(38-15-7-10-23-68(92)86(3)44-45-88-39-30-61(31-40-88)99-72(96)84-65-22-14-12-20-63(65)54-17-8-6-9-18-54)50-62-28-29-66(100-62)71(95)87(4)37-16-36-85(2)69(93)51-97-67-48-55-19-11-13-21-64(55)73(67)32-41-89(42-33-73)43-34-74(57-24-26-60(77)27-25-57)52-91(53-98-74)70(94)56-46-58(75(78,79)80)49-59(47-56)76(81,82)83;;;/h6,8-9,11-14,17-22,24-29,46-47,49,61,67H,5,7,10,15-16,23,30-45,48,50-53H2,1-4H3,(H,84,96);3*1H/t67-,74-;;;/m0.../s1. The molecule has 1 aliphatic carbocycles. The molecule has 1 N–H and O–H groups in total. The predicted molar refractivity (Wildman–Crippen MR) is 392 cm³/mol. The Balaban J connectivity index is 0.00000495. The number of halogens is 10. The van der Waals surface area contributed by atoms with E-state index >= 15 is 0 Å². The molecule has 3 saturated heterocycles. The molecule has 0 bridgehead atoms.